The monoisotopic (exact) mass is 552 g/mol. The van der Waals surface area contributed by atoms with E-state index in [9.17, 15) is 31.1 Å². The summed E-state index contributed by atoms with van der Waals surface area (Å²) in [7, 11) is 1.46. The molecule has 0 atom stereocenters. The minimum absolute atomic E-state index is 0.0680. The van der Waals surface area contributed by atoms with Gasteiger partial charge in [-0.05, 0) is 35.9 Å². The molecule has 0 aliphatic carbocycles. The van der Waals surface area contributed by atoms with Gasteiger partial charge in [0.15, 0.2) is 0 Å². The van der Waals surface area contributed by atoms with Crippen LogP contribution in [0.5, 0.6) is 0 Å². The van der Waals surface area contributed by atoms with Crippen LogP contribution in [0.3, 0.4) is 0 Å². The summed E-state index contributed by atoms with van der Waals surface area (Å²) in [5.74, 6) is 0.901. The van der Waals surface area contributed by atoms with Crippen molar-refractivity contribution < 1.29 is 31.1 Å². The smallest absolute Gasteiger partial charge is 0.391 e. The summed E-state index contributed by atoms with van der Waals surface area (Å²) in [6, 6.07) is 7.91. The lowest BCUT2D eigenvalue weighted by atomic mass is 10.0. The van der Waals surface area contributed by atoms with Gasteiger partial charge in [-0.1, -0.05) is 23.7 Å². The average Bonchev–Trinajstić information content (AvgIpc) is 2.83. The van der Waals surface area contributed by atoms with Crippen LogP contribution in [0.2, 0.25) is 5.02 Å². The number of amides is 1. The second-order valence-electron chi connectivity index (χ2n) is 7.94. The highest BCUT2D eigenvalue weighted by Gasteiger charge is 2.37. The zero-order valence-electron chi connectivity index (χ0n) is 19.0. The Morgan fingerprint density at radius 1 is 1.06 bits per heavy atom. The topological polar surface area (TPSA) is 61.6 Å². The van der Waals surface area contributed by atoms with Gasteiger partial charge in [-0.3, -0.25) is 4.79 Å². The Morgan fingerprint density at radius 3 is 2.14 bits per heavy atom. The third kappa shape index (κ3) is 6.73. The van der Waals surface area contributed by atoms with Crippen molar-refractivity contribution in [2.24, 2.45) is 5.73 Å². The number of nitrogens with two attached hydrogens (primary N) is 1. The number of anilines is 1. The van der Waals surface area contributed by atoms with Gasteiger partial charge in [0, 0.05) is 38.2 Å². The van der Waals surface area contributed by atoms with E-state index in [0.29, 0.717) is 47.4 Å². The lowest BCUT2D eigenvalue weighted by molar-refractivity contribution is -0.143. The largest absolute Gasteiger partial charge is 0.416 e. The third-order valence-corrected chi connectivity index (χ3v) is 6.70. The highest BCUT2D eigenvalue weighted by Crippen LogP contribution is 2.36. The number of para-hydroxylation sites is 1. The van der Waals surface area contributed by atoms with Gasteiger partial charge in [0.2, 0.25) is 0 Å². The molecule has 2 aromatic carbocycles. The van der Waals surface area contributed by atoms with Crippen LogP contribution in [0.15, 0.2) is 54.0 Å². The van der Waals surface area contributed by atoms with E-state index in [2.05, 4.69) is 5.32 Å². The zero-order valence-corrected chi connectivity index (χ0v) is 20.6. The highest BCUT2D eigenvalue weighted by molar-refractivity contribution is 7.99. The zero-order chi connectivity index (χ0) is 26.7. The van der Waals surface area contributed by atoms with Gasteiger partial charge in [0.25, 0.3) is 5.91 Å². The summed E-state index contributed by atoms with van der Waals surface area (Å²) in [6.07, 6.45) is -9.93. The summed E-state index contributed by atoms with van der Waals surface area (Å²) in [4.78, 5) is 16.2. The number of carbonyl (C=O) groups is 1. The molecule has 36 heavy (non-hydrogen) atoms. The van der Waals surface area contributed by atoms with Crippen molar-refractivity contribution in [1.82, 2.24) is 10.2 Å². The van der Waals surface area contributed by atoms with Crippen LogP contribution in [0.4, 0.5) is 32.0 Å². The van der Waals surface area contributed by atoms with E-state index in [1.807, 2.05) is 0 Å². The minimum Gasteiger partial charge on any atom is -0.391 e. The Balaban J connectivity index is 1.96. The number of carbonyl (C=O) groups excluding carboxylic acids is 1. The van der Waals surface area contributed by atoms with E-state index < -0.39 is 35.9 Å². The lowest BCUT2D eigenvalue weighted by Crippen LogP contribution is -2.43. The Morgan fingerprint density at radius 2 is 1.61 bits per heavy atom. The van der Waals surface area contributed by atoms with Crippen molar-refractivity contribution in [2.75, 3.05) is 36.5 Å². The van der Waals surface area contributed by atoms with Crippen molar-refractivity contribution in [1.29, 1.82) is 0 Å². The molecule has 1 heterocycles. The predicted molar refractivity (Wildman–Crippen MR) is 128 cm³/mol. The number of alkyl halides is 6. The molecular formula is C23H23ClF6N4OS. The minimum atomic E-state index is -4.97. The number of rotatable bonds is 6. The lowest BCUT2D eigenvalue weighted by Gasteiger charge is -2.33. The van der Waals surface area contributed by atoms with Gasteiger partial charge < -0.3 is 20.9 Å². The molecule has 0 aromatic heterocycles. The molecule has 13 heteroatoms. The molecule has 5 nitrogen and oxygen atoms in total. The summed E-state index contributed by atoms with van der Waals surface area (Å²) >= 11 is 7.85. The molecular weight excluding hydrogens is 530 g/mol. The number of thioether (sulfide) groups is 1. The first-order valence-corrected chi connectivity index (χ1v) is 12.2. The molecule has 0 spiro atoms. The van der Waals surface area contributed by atoms with E-state index in [1.165, 1.54) is 11.9 Å². The summed E-state index contributed by atoms with van der Waals surface area (Å²) in [5, 5.41) is 3.12. The van der Waals surface area contributed by atoms with Gasteiger partial charge in [-0.15, -0.1) is 0 Å². The first kappa shape index (κ1) is 27.9. The number of hydrogen-bond donors (Lipinski definition) is 2. The van der Waals surface area contributed by atoms with Crippen molar-refractivity contribution in [3.8, 4) is 0 Å². The molecule has 3 N–H and O–H groups in total. The number of nitrogens with zero attached hydrogens (tertiary/aromatic N) is 2. The van der Waals surface area contributed by atoms with E-state index >= 15 is 0 Å². The van der Waals surface area contributed by atoms with Gasteiger partial charge in [-0.2, -0.15) is 38.1 Å². The number of likely N-dealkylation sites (N-methyl/N-ethyl adjacent to an activating group) is 1. The van der Waals surface area contributed by atoms with Crippen molar-refractivity contribution in [2.45, 2.75) is 18.9 Å². The molecule has 1 amide bonds. The number of nitrogens with one attached hydrogen (secondary N) is 1. The Labute approximate surface area is 213 Å². The van der Waals surface area contributed by atoms with Crippen molar-refractivity contribution in [3.63, 3.8) is 0 Å². The van der Waals surface area contributed by atoms with Crippen molar-refractivity contribution >= 4 is 35.0 Å². The van der Waals surface area contributed by atoms with Crippen LogP contribution in [-0.2, 0) is 23.7 Å². The number of hydrogen-bond acceptors (Lipinski definition) is 5. The third-order valence-electron chi connectivity index (χ3n) is 5.44. The number of benzene rings is 2. The summed E-state index contributed by atoms with van der Waals surface area (Å²) in [6.45, 7) is 0.538. The van der Waals surface area contributed by atoms with E-state index in [-0.39, 0.29) is 23.1 Å². The van der Waals surface area contributed by atoms with Crippen LogP contribution in [0, 0.1) is 0 Å². The molecule has 1 aliphatic rings. The van der Waals surface area contributed by atoms with Crippen LogP contribution in [0.25, 0.3) is 0 Å². The number of halogens is 7. The fourth-order valence-electron chi connectivity index (χ4n) is 3.59. The average molecular weight is 553 g/mol. The maximum atomic E-state index is 13.3. The Kier molecular flexibility index (Phi) is 8.60. The standard InChI is InChI=1S/C23H23ClF6N4OS/c1-33(18-5-3-2-4-17(18)24)21(35)19(31)20(34-6-8-36-9-7-34)32-13-14-10-15(22(25,26)27)12-16(11-14)23(28,29)30/h2-5,10-12,32H,6-9,13,31H2,1H3/b20-19+. The van der Waals surface area contributed by atoms with Crippen molar-refractivity contribution in [3.05, 3.63) is 75.7 Å². The summed E-state index contributed by atoms with van der Waals surface area (Å²) in [5.41, 5.74) is 3.25. The van der Waals surface area contributed by atoms with Gasteiger partial charge >= 0.3 is 12.4 Å². The van der Waals surface area contributed by atoms with Crippen LogP contribution in [-0.4, -0.2) is 42.4 Å². The maximum Gasteiger partial charge on any atom is 0.416 e. The second-order valence-corrected chi connectivity index (χ2v) is 9.58. The fraction of sp³-hybridized carbons (Fsp3) is 0.348. The normalized spacial score (nSPS) is 15.4. The Bertz CT molecular complexity index is 1100. The predicted octanol–water partition coefficient (Wildman–Crippen LogP) is 5.31. The molecule has 1 aliphatic heterocycles. The molecule has 3 rings (SSSR count). The highest BCUT2D eigenvalue weighted by atomic mass is 35.5. The van der Waals surface area contributed by atoms with E-state index in [0.717, 1.165) is 0 Å². The van der Waals surface area contributed by atoms with Crippen LogP contribution < -0.4 is 16.0 Å². The van der Waals surface area contributed by atoms with E-state index in [4.69, 9.17) is 17.3 Å². The van der Waals surface area contributed by atoms with Crippen LogP contribution >= 0.6 is 23.4 Å². The molecule has 196 valence electrons. The maximum absolute atomic E-state index is 13.3. The van der Waals surface area contributed by atoms with Gasteiger partial charge in [0.05, 0.1) is 21.8 Å². The fourth-order valence-corrected chi connectivity index (χ4v) is 4.75. The molecule has 0 bridgehead atoms. The SMILES string of the molecule is CN(C(=O)/C(N)=C(/NCc1cc(C(F)(F)F)cc(C(F)(F)F)c1)N1CCSCC1)c1ccccc1Cl. The quantitative estimate of drug-likeness (QED) is 0.376. The van der Waals surface area contributed by atoms with Gasteiger partial charge in [-0.25, -0.2) is 0 Å². The van der Waals surface area contributed by atoms with Crippen LogP contribution in [0.1, 0.15) is 16.7 Å². The molecule has 0 radical (unpaired) electrons. The van der Waals surface area contributed by atoms with E-state index in [1.54, 1.807) is 40.9 Å². The molecule has 0 unspecified atom stereocenters. The molecule has 2 aromatic rings. The summed E-state index contributed by atoms with van der Waals surface area (Å²) < 4.78 is 79.5. The second kappa shape index (κ2) is 11.1. The first-order chi connectivity index (χ1) is 16.8. The van der Waals surface area contributed by atoms with Gasteiger partial charge in [0.1, 0.15) is 11.5 Å². The molecule has 1 fully saturated rings. The molecule has 1 saturated heterocycles. The Hall–Kier alpha value is -2.73. The molecule has 0 saturated carbocycles. The first-order valence-electron chi connectivity index (χ1n) is 10.7.